The van der Waals surface area contributed by atoms with Crippen LogP contribution < -0.4 is 35.6 Å². The number of likely N-dealkylation sites (tertiary alicyclic amines) is 1. The number of hydrogen-bond donors (Lipinski definition) is 5. The summed E-state index contributed by atoms with van der Waals surface area (Å²) in [7, 11) is -2.16. The quantitative estimate of drug-likeness (QED) is 0.112. The number of benzene rings is 3. The smallest absolute Gasteiger partial charge is 0.255 e. The molecule has 3 aromatic carbocycles. The number of carbonyl (C=O) groups is 4. The lowest BCUT2D eigenvalue weighted by atomic mass is 9.71. The Labute approximate surface area is 365 Å². The van der Waals surface area contributed by atoms with E-state index in [0.29, 0.717) is 33.9 Å². The lowest BCUT2D eigenvalue weighted by molar-refractivity contribution is -0.137. The van der Waals surface area contributed by atoms with E-state index in [1.807, 2.05) is 18.2 Å². The molecule has 1 spiro atoms. The predicted octanol–water partition coefficient (Wildman–Crippen LogP) is 5.01. The van der Waals surface area contributed by atoms with Crippen LogP contribution in [0.25, 0.3) is 0 Å². The highest BCUT2D eigenvalue weighted by molar-refractivity contribution is 7.89. The van der Waals surface area contributed by atoms with Crippen molar-refractivity contribution in [2.24, 2.45) is 5.41 Å². The fourth-order valence-corrected chi connectivity index (χ4v) is 10.2. The number of piperidine rings is 3. The topological polar surface area (TPSA) is 207 Å². The van der Waals surface area contributed by atoms with E-state index in [2.05, 4.69) is 45.8 Å². The first-order valence-corrected chi connectivity index (χ1v) is 22.6. The Balaban J connectivity index is 0.837. The summed E-state index contributed by atoms with van der Waals surface area (Å²) >= 11 is 6.44. The second kappa shape index (κ2) is 17.9. The number of aromatic nitrogens is 2. The predicted molar refractivity (Wildman–Crippen MR) is 235 cm³/mol. The van der Waals surface area contributed by atoms with E-state index >= 15 is 0 Å². The van der Waals surface area contributed by atoms with Gasteiger partial charge in [0, 0.05) is 61.2 Å². The number of hydrogen-bond acceptors (Lipinski definition) is 13. The number of methoxy groups -OCH3 is 1. The van der Waals surface area contributed by atoms with Gasteiger partial charge in [-0.2, -0.15) is 4.98 Å². The van der Waals surface area contributed by atoms with E-state index in [-0.39, 0.29) is 77.3 Å². The number of carbonyl (C=O) groups excluding carboxylic acids is 4. The van der Waals surface area contributed by atoms with Crippen molar-refractivity contribution in [2.45, 2.75) is 62.9 Å². The molecule has 0 aliphatic carbocycles. The third-order valence-corrected chi connectivity index (χ3v) is 14.1. The van der Waals surface area contributed by atoms with E-state index in [9.17, 15) is 27.6 Å². The van der Waals surface area contributed by atoms with Crippen molar-refractivity contribution in [3.05, 3.63) is 83.0 Å². The third-order valence-electron chi connectivity index (χ3n) is 12.3. The summed E-state index contributed by atoms with van der Waals surface area (Å²) < 4.78 is 33.9. The minimum absolute atomic E-state index is 0.0644. The van der Waals surface area contributed by atoms with Gasteiger partial charge in [0.15, 0.2) is 5.82 Å². The van der Waals surface area contributed by atoms with E-state index < -0.39 is 22.0 Å². The number of anilines is 6. The van der Waals surface area contributed by atoms with Gasteiger partial charge in [0.05, 0.1) is 31.2 Å². The number of sulfonamides is 1. The van der Waals surface area contributed by atoms with Crippen LogP contribution in [-0.4, -0.2) is 104 Å². The standard InChI is InChI=1S/C43H49ClN10O7S/c1-3-46-62(59,60)36-10-5-4-8-33(36)48-39-30(44)24-45-42(51-39)49-32-12-11-27(23-35(32)61-2)53-21-17-43(18-22-53)15-19-52(20-16-43)26-38(56)47-31-9-6-7-28-29(31)25-54(41(28)58)34-13-14-37(55)50-40(34)57/h4-12,23-24,34,46H,3,13-22,25-26H2,1-2H3,(H,47,56)(H,50,55,57)(H2,45,48,49,51). The molecule has 3 fully saturated rings. The Hall–Kier alpha value is -5.82. The average molecular weight is 885 g/mol. The molecule has 62 heavy (non-hydrogen) atoms. The number of nitrogens with one attached hydrogen (secondary N) is 5. The lowest BCUT2D eigenvalue weighted by Gasteiger charge is -2.47. The number of fused-ring (bicyclic) bond motifs is 1. The molecule has 17 nitrogen and oxygen atoms in total. The number of halogens is 1. The molecule has 8 rings (SSSR count). The summed E-state index contributed by atoms with van der Waals surface area (Å²) in [6.45, 7) is 5.76. The molecule has 0 saturated carbocycles. The molecule has 326 valence electrons. The molecule has 5 heterocycles. The van der Waals surface area contributed by atoms with Gasteiger partial charge in [0.2, 0.25) is 33.7 Å². The number of rotatable bonds is 13. The molecule has 3 saturated heterocycles. The molecule has 1 atom stereocenters. The van der Waals surface area contributed by atoms with E-state index in [1.165, 1.54) is 17.2 Å². The maximum absolute atomic E-state index is 13.3. The van der Waals surface area contributed by atoms with E-state index in [4.69, 9.17) is 16.3 Å². The highest BCUT2D eigenvalue weighted by Gasteiger charge is 2.41. The third kappa shape index (κ3) is 9.04. The van der Waals surface area contributed by atoms with Crippen molar-refractivity contribution in [1.29, 1.82) is 0 Å². The molecule has 0 radical (unpaired) electrons. The highest BCUT2D eigenvalue weighted by Crippen LogP contribution is 2.43. The number of amides is 4. The summed E-state index contributed by atoms with van der Waals surface area (Å²) in [4.78, 5) is 65.7. The van der Waals surface area contributed by atoms with Crippen LogP contribution in [0.2, 0.25) is 5.02 Å². The summed E-state index contributed by atoms with van der Waals surface area (Å²) in [5, 5.41) is 11.8. The normalized spacial score (nSPS) is 19.0. The first-order chi connectivity index (χ1) is 29.8. The Morgan fingerprint density at radius 3 is 2.44 bits per heavy atom. The van der Waals surface area contributed by atoms with Gasteiger partial charge in [-0.05, 0) is 87.0 Å². The Morgan fingerprint density at radius 2 is 1.69 bits per heavy atom. The summed E-state index contributed by atoms with van der Waals surface area (Å²) in [5.41, 5.74) is 3.89. The van der Waals surface area contributed by atoms with E-state index in [1.54, 1.807) is 50.4 Å². The van der Waals surface area contributed by atoms with Crippen LogP contribution >= 0.6 is 11.6 Å². The first-order valence-electron chi connectivity index (χ1n) is 20.7. The van der Waals surface area contributed by atoms with Crippen LogP contribution in [0, 0.1) is 5.41 Å². The van der Waals surface area contributed by atoms with Crippen LogP contribution in [0.1, 0.15) is 61.4 Å². The molecular formula is C43H49ClN10O7S. The molecule has 1 aromatic heterocycles. The van der Waals surface area contributed by atoms with Gasteiger partial charge >= 0.3 is 0 Å². The van der Waals surface area contributed by atoms with Crippen LogP contribution in [0.4, 0.5) is 34.5 Å². The molecule has 4 aliphatic heterocycles. The van der Waals surface area contributed by atoms with Crippen LogP contribution in [0.15, 0.2) is 71.8 Å². The molecule has 0 bridgehead atoms. The maximum atomic E-state index is 13.3. The first kappa shape index (κ1) is 42.9. The zero-order valence-electron chi connectivity index (χ0n) is 34.5. The lowest BCUT2D eigenvalue weighted by Crippen LogP contribution is -2.52. The molecule has 1 unspecified atom stereocenters. The van der Waals surface area contributed by atoms with Gasteiger partial charge in [-0.1, -0.05) is 36.7 Å². The summed E-state index contributed by atoms with van der Waals surface area (Å²) in [6.07, 6.45) is 5.92. The Bertz CT molecular complexity index is 2510. The van der Waals surface area contributed by atoms with Gasteiger partial charge in [-0.3, -0.25) is 29.4 Å². The van der Waals surface area contributed by atoms with E-state index in [0.717, 1.165) is 57.5 Å². The largest absolute Gasteiger partial charge is 0.494 e. The van der Waals surface area contributed by atoms with Crippen LogP contribution in [0.5, 0.6) is 5.75 Å². The monoisotopic (exact) mass is 884 g/mol. The van der Waals surface area contributed by atoms with Crippen molar-refractivity contribution >= 4 is 79.8 Å². The summed E-state index contributed by atoms with van der Waals surface area (Å²) in [5.74, 6) is -0.173. The highest BCUT2D eigenvalue weighted by atomic mass is 35.5. The second-order valence-electron chi connectivity index (χ2n) is 16.1. The number of para-hydroxylation sites is 1. The van der Waals surface area contributed by atoms with Crippen molar-refractivity contribution < 1.29 is 32.3 Å². The SMILES string of the molecule is CCNS(=O)(=O)c1ccccc1Nc1nc(Nc2ccc(N3CCC4(CCN(CC(=O)Nc5cccc6c5CN(C5CCC(=O)NC5=O)C6=O)CC4)CC3)cc2OC)ncc1Cl. The fourth-order valence-electron chi connectivity index (χ4n) is 8.84. The van der Waals surface area contributed by atoms with Gasteiger partial charge in [0.25, 0.3) is 5.91 Å². The second-order valence-corrected chi connectivity index (χ2v) is 18.2. The minimum atomic E-state index is -3.76. The van der Waals surface area contributed by atoms with Crippen molar-refractivity contribution in [1.82, 2.24) is 29.8 Å². The Kier molecular flexibility index (Phi) is 12.4. The zero-order valence-corrected chi connectivity index (χ0v) is 36.1. The Morgan fingerprint density at radius 1 is 0.952 bits per heavy atom. The molecule has 5 N–H and O–H groups in total. The average Bonchev–Trinajstić information content (AvgIpc) is 3.59. The van der Waals surface area contributed by atoms with Gasteiger partial charge in [-0.15, -0.1) is 0 Å². The molecule has 19 heteroatoms. The molecular weight excluding hydrogens is 836 g/mol. The minimum Gasteiger partial charge on any atom is -0.494 e. The van der Waals surface area contributed by atoms with Gasteiger partial charge in [-0.25, -0.2) is 18.1 Å². The zero-order chi connectivity index (χ0) is 43.6. The van der Waals surface area contributed by atoms with Crippen molar-refractivity contribution in [3.63, 3.8) is 0 Å². The van der Waals surface area contributed by atoms with Crippen molar-refractivity contribution in [2.75, 3.05) is 67.2 Å². The maximum Gasteiger partial charge on any atom is 0.255 e. The summed E-state index contributed by atoms with van der Waals surface area (Å²) in [6, 6.07) is 16.9. The van der Waals surface area contributed by atoms with Gasteiger partial charge < -0.3 is 30.5 Å². The van der Waals surface area contributed by atoms with Crippen molar-refractivity contribution in [3.8, 4) is 5.75 Å². The molecule has 4 amide bonds. The fraction of sp³-hybridized carbons (Fsp3) is 0.395. The molecule has 4 aromatic rings. The number of ether oxygens (including phenoxy) is 1. The van der Waals surface area contributed by atoms with Crippen LogP contribution in [0.3, 0.4) is 0 Å². The number of imide groups is 1. The number of nitrogens with zero attached hydrogens (tertiary/aromatic N) is 5. The van der Waals surface area contributed by atoms with Gasteiger partial charge in [0.1, 0.15) is 21.7 Å². The molecule has 4 aliphatic rings. The van der Waals surface area contributed by atoms with Crippen LogP contribution in [-0.2, 0) is 31.0 Å².